The molecule has 2 unspecified atom stereocenters. The first-order chi connectivity index (χ1) is 28.4. The van der Waals surface area contributed by atoms with Crippen LogP contribution in [0.5, 0.6) is 0 Å². The van der Waals surface area contributed by atoms with Crippen LogP contribution in [-0.2, 0) is 23.6 Å². The molecule has 2 atom stereocenters. The lowest BCUT2D eigenvalue weighted by Crippen LogP contribution is -2.05. The number of aromatic nitrogens is 12. The second-order valence-electron chi connectivity index (χ2n) is 14.1. The van der Waals surface area contributed by atoms with E-state index in [0.717, 1.165) is 66.8 Å². The van der Waals surface area contributed by atoms with Crippen LogP contribution < -0.4 is 11.1 Å². The van der Waals surface area contributed by atoms with Crippen LogP contribution in [0.25, 0.3) is 44.3 Å². The number of nitrogens with two attached hydrogens (primary N) is 1. The van der Waals surface area contributed by atoms with Gasteiger partial charge >= 0.3 is 0 Å². The third kappa shape index (κ3) is 10.9. The number of rotatable bonds is 10. The van der Waals surface area contributed by atoms with Gasteiger partial charge in [0.2, 0.25) is 0 Å². The summed E-state index contributed by atoms with van der Waals surface area (Å²) < 4.78 is 13.8. The zero-order valence-electron chi connectivity index (χ0n) is 34.3. The first kappa shape index (κ1) is 42.1. The minimum atomic E-state index is 0.232. The van der Waals surface area contributed by atoms with Crippen molar-refractivity contribution in [3.63, 3.8) is 0 Å². The van der Waals surface area contributed by atoms with Crippen molar-refractivity contribution in [2.24, 2.45) is 14.1 Å². The van der Waals surface area contributed by atoms with E-state index in [0.29, 0.717) is 41.7 Å². The minimum absolute atomic E-state index is 0.232. The van der Waals surface area contributed by atoms with Gasteiger partial charge in [0.05, 0.1) is 59.1 Å². The summed E-state index contributed by atoms with van der Waals surface area (Å²) in [6, 6.07) is 15.2. The third-order valence-electron chi connectivity index (χ3n) is 9.29. The molecule has 8 heterocycles. The number of aryl methyl sites for hydroxylation is 4. The fraction of sp³-hybridized carbons (Fsp3) is 0.286. The van der Waals surface area contributed by atoms with Crippen LogP contribution in [0.1, 0.15) is 48.2 Å². The van der Waals surface area contributed by atoms with Gasteiger partial charge in [-0.15, -0.1) is 10.2 Å². The highest BCUT2D eigenvalue weighted by atomic mass is 35.5. The molecule has 0 aliphatic carbocycles. The molecule has 0 saturated heterocycles. The van der Waals surface area contributed by atoms with Gasteiger partial charge in [0.25, 0.3) is 0 Å². The number of hydrogen-bond donors (Lipinski definition) is 2. The highest BCUT2D eigenvalue weighted by Gasteiger charge is 2.12. The van der Waals surface area contributed by atoms with Crippen LogP contribution in [0.4, 0.5) is 17.5 Å². The van der Waals surface area contributed by atoms with Crippen molar-refractivity contribution in [3.05, 3.63) is 113 Å². The number of pyridine rings is 4. The topological polar surface area (TPSA) is 195 Å². The highest BCUT2D eigenvalue weighted by molar-refractivity contribution is 6.29. The predicted molar refractivity (Wildman–Crippen MR) is 230 cm³/mol. The molecule has 0 saturated carbocycles. The Labute approximate surface area is 347 Å². The lowest BCUT2D eigenvalue weighted by atomic mass is 10.1. The van der Waals surface area contributed by atoms with Crippen LogP contribution in [0.2, 0.25) is 5.15 Å². The normalized spacial score (nSPS) is 12.0. The molecular formula is C42H47ClN14O2. The fourth-order valence-corrected chi connectivity index (χ4v) is 6.48. The van der Waals surface area contributed by atoms with E-state index in [4.69, 9.17) is 31.8 Å². The zero-order valence-corrected chi connectivity index (χ0v) is 35.0. The number of nitrogens with zero attached hydrogens (tertiary/aromatic N) is 12. The van der Waals surface area contributed by atoms with Crippen molar-refractivity contribution < 1.29 is 9.47 Å². The van der Waals surface area contributed by atoms with Gasteiger partial charge in [0.1, 0.15) is 16.8 Å². The number of hydrogen-bond acceptors (Lipinski definition) is 14. The van der Waals surface area contributed by atoms with Crippen molar-refractivity contribution in [2.75, 3.05) is 38.5 Å². The van der Waals surface area contributed by atoms with E-state index in [1.165, 1.54) is 0 Å². The van der Waals surface area contributed by atoms with Gasteiger partial charge in [0.15, 0.2) is 5.82 Å². The third-order valence-corrected chi connectivity index (χ3v) is 9.50. The minimum Gasteiger partial charge on any atom is -0.384 e. The van der Waals surface area contributed by atoms with E-state index >= 15 is 0 Å². The molecule has 304 valence electrons. The molecule has 8 rings (SSSR count). The van der Waals surface area contributed by atoms with Crippen LogP contribution in [-0.4, -0.2) is 87.3 Å². The molecular weight excluding hydrogens is 768 g/mol. The van der Waals surface area contributed by atoms with Gasteiger partial charge in [-0.3, -0.25) is 19.3 Å². The molecule has 59 heavy (non-hydrogen) atoms. The van der Waals surface area contributed by atoms with E-state index in [9.17, 15) is 0 Å². The Balaban J connectivity index is 0.000000165. The lowest BCUT2D eigenvalue weighted by Gasteiger charge is -2.11. The number of ether oxygens (including phenoxy) is 2. The smallest absolute Gasteiger partial charge is 0.154 e. The zero-order chi connectivity index (χ0) is 42.1. The van der Waals surface area contributed by atoms with Crippen LogP contribution >= 0.6 is 11.6 Å². The molecule has 0 radical (unpaired) electrons. The molecule has 8 aromatic rings. The fourth-order valence-electron chi connectivity index (χ4n) is 6.32. The molecule has 0 bridgehead atoms. The van der Waals surface area contributed by atoms with E-state index in [-0.39, 0.29) is 5.92 Å². The van der Waals surface area contributed by atoms with Crippen molar-refractivity contribution in [3.8, 4) is 22.3 Å². The van der Waals surface area contributed by atoms with Crippen LogP contribution in [0.15, 0.2) is 85.7 Å². The number of anilines is 3. The number of methoxy groups -OCH3 is 2. The average Bonchev–Trinajstić information content (AvgIpc) is 3.75. The molecule has 0 fully saturated rings. The summed E-state index contributed by atoms with van der Waals surface area (Å²) in [5, 5.41) is 28.1. The monoisotopic (exact) mass is 814 g/mol. The number of halogens is 1. The largest absolute Gasteiger partial charge is 0.384 e. The van der Waals surface area contributed by atoms with Gasteiger partial charge in [-0.05, 0) is 73.5 Å². The Morgan fingerprint density at radius 2 is 1.19 bits per heavy atom. The molecule has 0 aromatic carbocycles. The molecule has 0 spiro atoms. The predicted octanol–water partition coefficient (Wildman–Crippen LogP) is 7.42. The Morgan fingerprint density at radius 1 is 0.661 bits per heavy atom. The number of nitrogens with one attached hydrogen (secondary N) is 1. The lowest BCUT2D eigenvalue weighted by molar-refractivity contribution is 0.184. The highest BCUT2D eigenvalue weighted by Crippen LogP contribution is 2.27. The van der Waals surface area contributed by atoms with Gasteiger partial charge in [-0.2, -0.15) is 20.4 Å². The maximum Gasteiger partial charge on any atom is 0.154 e. The van der Waals surface area contributed by atoms with E-state index < -0.39 is 0 Å². The molecule has 0 aliphatic rings. The molecule has 16 nitrogen and oxygen atoms in total. The Hall–Kier alpha value is -6.49. The molecule has 0 amide bonds. The Kier molecular flexibility index (Phi) is 13.8. The van der Waals surface area contributed by atoms with Gasteiger partial charge in [-0.25, -0.2) is 9.97 Å². The molecule has 3 N–H and O–H groups in total. The Morgan fingerprint density at radius 3 is 1.71 bits per heavy atom. The van der Waals surface area contributed by atoms with E-state index in [1.54, 1.807) is 42.0 Å². The van der Waals surface area contributed by atoms with Crippen molar-refractivity contribution >= 4 is 51.1 Å². The van der Waals surface area contributed by atoms with Crippen molar-refractivity contribution in [2.45, 2.75) is 39.5 Å². The molecule has 0 aliphatic heterocycles. The van der Waals surface area contributed by atoms with Gasteiger partial charge < -0.3 is 20.5 Å². The summed E-state index contributed by atoms with van der Waals surface area (Å²) in [6.07, 6.45) is 11.1. The van der Waals surface area contributed by atoms with Gasteiger partial charge in [0, 0.05) is 87.2 Å². The van der Waals surface area contributed by atoms with Crippen LogP contribution in [0, 0.1) is 13.8 Å². The average molecular weight is 815 g/mol. The van der Waals surface area contributed by atoms with Crippen molar-refractivity contribution in [1.82, 2.24) is 59.9 Å². The Bertz CT molecular complexity index is 2670. The quantitative estimate of drug-likeness (QED) is 0.129. The number of nitrogen functional groups attached to an aromatic ring is 1. The maximum absolute atomic E-state index is 5.90. The summed E-state index contributed by atoms with van der Waals surface area (Å²) in [7, 11) is 7.18. The van der Waals surface area contributed by atoms with E-state index in [2.05, 4.69) is 64.7 Å². The first-order valence-corrected chi connectivity index (χ1v) is 19.1. The SMILES string of the molecule is COCC(C)c1cnnc(N)c1.COCC(C)c1cnnc(Nc2ccc3ncc(-c4cn(C)nc4C)cc3n2)c1.Cc1nn(C)cc1-c1cnc2ccc(Cl)nc2c1. The summed E-state index contributed by atoms with van der Waals surface area (Å²) in [6.45, 7) is 9.41. The van der Waals surface area contributed by atoms with Crippen molar-refractivity contribution in [1.29, 1.82) is 0 Å². The second kappa shape index (κ2) is 19.3. The molecule has 17 heteroatoms. The van der Waals surface area contributed by atoms with Crippen LogP contribution in [0.3, 0.4) is 0 Å². The summed E-state index contributed by atoms with van der Waals surface area (Å²) in [5.41, 5.74) is 16.9. The first-order valence-electron chi connectivity index (χ1n) is 18.8. The van der Waals surface area contributed by atoms with Gasteiger partial charge in [-0.1, -0.05) is 25.4 Å². The second-order valence-corrected chi connectivity index (χ2v) is 14.5. The van der Waals surface area contributed by atoms with E-state index in [1.807, 2.05) is 95.2 Å². The summed E-state index contributed by atoms with van der Waals surface area (Å²) in [4.78, 5) is 17.9. The maximum atomic E-state index is 5.90. The summed E-state index contributed by atoms with van der Waals surface area (Å²) >= 11 is 5.90. The number of fused-ring (bicyclic) bond motifs is 2. The molecule has 8 aromatic heterocycles. The summed E-state index contributed by atoms with van der Waals surface area (Å²) in [5.74, 6) is 2.33. The standard InChI is InChI=1S/C21H23N7O.C13H11ClN4.C8H13N3O/c1-13(12-29-4)15-8-21(26-23-10-15)25-20-6-5-18-19(24-20)7-16(9-22-18)17-11-28(3)27-14(17)2;1-8-10(7-18(2)17-8)9-5-12-11(15-6-9)3-4-13(14)16-12;1-6(5-12-2)7-3-8(9)11-10-4-7/h5-11,13H,12H2,1-4H3,(H,24,25,26);3-7H,1-2H3;3-4,6H,5H2,1-2H3,(H2,9,11).